The van der Waals surface area contributed by atoms with E-state index in [2.05, 4.69) is 10.3 Å². The van der Waals surface area contributed by atoms with Gasteiger partial charge in [0.05, 0.1) is 45.3 Å². The number of ether oxygens (including phenoxy) is 3. The minimum absolute atomic E-state index is 0.599. The van der Waals surface area contributed by atoms with E-state index in [0.717, 1.165) is 23.9 Å². The molecule has 1 aromatic rings. The van der Waals surface area contributed by atoms with Crippen LogP contribution < -0.4 is 5.32 Å². The summed E-state index contributed by atoms with van der Waals surface area (Å²) in [5.74, 6) is 1.60. The van der Waals surface area contributed by atoms with Crippen molar-refractivity contribution in [3.63, 3.8) is 0 Å². The molecule has 0 atom stereocenters. The van der Waals surface area contributed by atoms with E-state index in [0.29, 0.717) is 39.6 Å². The Morgan fingerprint density at radius 3 is 2.37 bits per heavy atom. The molecule has 1 heterocycles. The molecule has 0 amide bonds. The van der Waals surface area contributed by atoms with Gasteiger partial charge < -0.3 is 23.9 Å². The third kappa shape index (κ3) is 7.27. The maximum absolute atomic E-state index is 5.45. The fraction of sp³-hybridized carbons (Fsp3) is 0.769. The predicted molar refractivity (Wildman–Crippen MR) is 71.2 cm³/mol. The molecule has 1 aromatic heterocycles. The average Bonchev–Trinajstić information content (AvgIpc) is 2.71. The summed E-state index contributed by atoms with van der Waals surface area (Å²) in [6.45, 7) is 8.32. The van der Waals surface area contributed by atoms with E-state index >= 15 is 0 Å². The van der Waals surface area contributed by atoms with Crippen molar-refractivity contribution in [1.82, 2.24) is 10.3 Å². The zero-order valence-corrected chi connectivity index (χ0v) is 12.0. The average molecular weight is 272 g/mol. The molecule has 0 spiro atoms. The summed E-state index contributed by atoms with van der Waals surface area (Å²) < 4.78 is 21.0. The Hall–Kier alpha value is -0.950. The van der Waals surface area contributed by atoms with Crippen LogP contribution in [0.2, 0.25) is 0 Å². The highest BCUT2D eigenvalue weighted by molar-refractivity contribution is 5.04. The molecule has 19 heavy (non-hydrogen) atoms. The van der Waals surface area contributed by atoms with E-state index in [9.17, 15) is 0 Å². The van der Waals surface area contributed by atoms with Gasteiger partial charge in [0, 0.05) is 13.7 Å². The van der Waals surface area contributed by atoms with Gasteiger partial charge in [-0.3, -0.25) is 0 Å². The lowest BCUT2D eigenvalue weighted by atomic mass is 10.4. The molecule has 0 radical (unpaired) electrons. The zero-order chi connectivity index (χ0) is 13.9. The van der Waals surface area contributed by atoms with Gasteiger partial charge in [-0.2, -0.15) is 0 Å². The Morgan fingerprint density at radius 1 is 1.05 bits per heavy atom. The maximum Gasteiger partial charge on any atom is 0.208 e. The largest absolute Gasteiger partial charge is 0.444 e. The number of nitrogens with one attached hydrogen (secondary N) is 1. The number of hydrogen-bond acceptors (Lipinski definition) is 6. The molecule has 0 unspecified atom stereocenters. The number of nitrogens with zero attached hydrogens (tertiary/aromatic N) is 1. The topological polar surface area (TPSA) is 65.8 Å². The Balaban J connectivity index is 1.88. The summed E-state index contributed by atoms with van der Waals surface area (Å²) in [5, 5.41) is 3.21. The Kier molecular flexibility index (Phi) is 8.40. The van der Waals surface area contributed by atoms with Gasteiger partial charge in [0.25, 0.3) is 0 Å². The van der Waals surface area contributed by atoms with E-state index in [1.54, 1.807) is 7.11 Å². The summed E-state index contributed by atoms with van der Waals surface area (Å²) in [6.07, 6.45) is 0. The van der Waals surface area contributed by atoms with Gasteiger partial charge in [-0.05, 0) is 13.8 Å². The highest BCUT2D eigenvalue weighted by Gasteiger charge is 2.03. The number of hydrogen-bond donors (Lipinski definition) is 1. The molecule has 0 aliphatic rings. The summed E-state index contributed by atoms with van der Waals surface area (Å²) in [7, 11) is 1.66. The number of oxazole rings is 1. The molecule has 1 rings (SSSR count). The van der Waals surface area contributed by atoms with Gasteiger partial charge in [0.15, 0.2) is 0 Å². The van der Waals surface area contributed by atoms with Crippen LogP contribution in [0.5, 0.6) is 0 Å². The van der Waals surface area contributed by atoms with Crippen molar-refractivity contribution >= 4 is 0 Å². The molecule has 0 aliphatic heterocycles. The lowest BCUT2D eigenvalue weighted by Gasteiger charge is -2.05. The normalized spacial score (nSPS) is 11.1. The van der Waals surface area contributed by atoms with Crippen LogP contribution in [0.4, 0.5) is 0 Å². The molecular weight excluding hydrogens is 248 g/mol. The van der Waals surface area contributed by atoms with Gasteiger partial charge in [-0.25, -0.2) is 4.98 Å². The van der Waals surface area contributed by atoms with Crippen LogP contribution in [0.3, 0.4) is 0 Å². The summed E-state index contributed by atoms with van der Waals surface area (Å²) >= 11 is 0. The molecular formula is C13H24N2O4. The third-order valence-electron chi connectivity index (χ3n) is 2.58. The van der Waals surface area contributed by atoms with Crippen molar-refractivity contribution in [2.45, 2.75) is 20.4 Å². The fourth-order valence-electron chi connectivity index (χ4n) is 1.42. The van der Waals surface area contributed by atoms with Crippen LogP contribution in [0.15, 0.2) is 4.42 Å². The molecule has 1 N–H and O–H groups in total. The maximum atomic E-state index is 5.45. The SMILES string of the molecule is COCCOCCOCCNCc1nc(C)c(C)o1. The first-order chi connectivity index (χ1) is 9.24. The third-order valence-corrected chi connectivity index (χ3v) is 2.58. The van der Waals surface area contributed by atoms with Crippen LogP contribution >= 0.6 is 0 Å². The fourth-order valence-corrected chi connectivity index (χ4v) is 1.42. The highest BCUT2D eigenvalue weighted by atomic mass is 16.5. The van der Waals surface area contributed by atoms with Crippen molar-refractivity contribution in [3.05, 3.63) is 17.3 Å². The van der Waals surface area contributed by atoms with Crippen LogP contribution in [-0.2, 0) is 20.8 Å². The van der Waals surface area contributed by atoms with E-state index in [1.807, 2.05) is 13.8 Å². The van der Waals surface area contributed by atoms with Crippen molar-refractivity contribution in [2.24, 2.45) is 0 Å². The predicted octanol–water partition coefficient (Wildman–Crippen LogP) is 1.06. The molecule has 0 bridgehead atoms. The van der Waals surface area contributed by atoms with Crippen LogP contribution in [0, 0.1) is 13.8 Å². The minimum Gasteiger partial charge on any atom is -0.444 e. The van der Waals surface area contributed by atoms with E-state index in [-0.39, 0.29) is 0 Å². The number of methoxy groups -OCH3 is 1. The summed E-state index contributed by atoms with van der Waals surface area (Å²) in [4.78, 5) is 4.28. The second-order valence-corrected chi connectivity index (χ2v) is 4.14. The van der Waals surface area contributed by atoms with Gasteiger partial charge in [0.2, 0.25) is 5.89 Å². The van der Waals surface area contributed by atoms with Crippen LogP contribution in [0.1, 0.15) is 17.3 Å². The first-order valence-electron chi connectivity index (χ1n) is 6.52. The van der Waals surface area contributed by atoms with E-state index in [4.69, 9.17) is 18.6 Å². The first kappa shape index (κ1) is 16.1. The molecule has 0 aliphatic carbocycles. The standard InChI is InChI=1S/C13H24N2O4/c1-11-12(2)19-13(15-11)10-14-4-5-17-8-9-18-7-6-16-3/h14H,4-10H2,1-3H3. The monoisotopic (exact) mass is 272 g/mol. The van der Waals surface area contributed by atoms with Crippen molar-refractivity contribution < 1.29 is 18.6 Å². The van der Waals surface area contributed by atoms with Crippen LogP contribution in [-0.4, -0.2) is 51.7 Å². The molecule has 0 fully saturated rings. The smallest absolute Gasteiger partial charge is 0.208 e. The summed E-state index contributed by atoms with van der Waals surface area (Å²) in [6, 6.07) is 0. The van der Waals surface area contributed by atoms with Gasteiger partial charge >= 0.3 is 0 Å². The molecule has 0 saturated carbocycles. The molecule has 6 heteroatoms. The Labute approximate surface area is 114 Å². The number of rotatable bonds is 11. The highest BCUT2D eigenvalue weighted by Crippen LogP contribution is 2.07. The zero-order valence-electron chi connectivity index (χ0n) is 12.0. The molecule has 0 aromatic carbocycles. The number of aryl methyl sites for hydroxylation is 2. The van der Waals surface area contributed by atoms with Crippen molar-refractivity contribution in [3.8, 4) is 0 Å². The number of aromatic nitrogens is 1. The van der Waals surface area contributed by atoms with Gasteiger partial charge in [-0.1, -0.05) is 0 Å². The Bertz CT molecular complexity index is 322. The second-order valence-electron chi connectivity index (χ2n) is 4.14. The second kappa shape index (κ2) is 9.91. The van der Waals surface area contributed by atoms with Crippen molar-refractivity contribution in [2.75, 3.05) is 46.7 Å². The van der Waals surface area contributed by atoms with Crippen LogP contribution in [0.25, 0.3) is 0 Å². The van der Waals surface area contributed by atoms with Gasteiger partial charge in [-0.15, -0.1) is 0 Å². The lowest BCUT2D eigenvalue weighted by Crippen LogP contribution is -2.20. The van der Waals surface area contributed by atoms with E-state index < -0.39 is 0 Å². The molecule has 6 nitrogen and oxygen atoms in total. The minimum atomic E-state index is 0.599. The van der Waals surface area contributed by atoms with Crippen molar-refractivity contribution in [1.29, 1.82) is 0 Å². The van der Waals surface area contributed by atoms with Gasteiger partial charge in [0.1, 0.15) is 5.76 Å². The summed E-state index contributed by atoms with van der Waals surface area (Å²) in [5.41, 5.74) is 0.946. The molecule has 0 saturated heterocycles. The first-order valence-corrected chi connectivity index (χ1v) is 6.52. The lowest BCUT2D eigenvalue weighted by molar-refractivity contribution is 0.0255. The molecule has 110 valence electrons. The quantitative estimate of drug-likeness (QED) is 0.608. The van der Waals surface area contributed by atoms with E-state index in [1.165, 1.54) is 0 Å². The Morgan fingerprint density at radius 2 is 1.74 bits per heavy atom.